The molecule has 0 heterocycles. The van der Waals surface area contributed by atoms with Crippen molar-refractivity contribution in [2.24, 2.45) is 0 Å². The Balaban J connectivity index is 2.56. The number of ether oxygens (including phenoxy) is 1. The number of fused-ring (bicyclic) bond motifs is 1. The predicted molar refractivity (Wildman–Crippen MR) is 64.2 cm³/mol. The highest BCUT2D eigenvalue weighted by molar-refractivity contribution is 5.99. The molecule has 2 nitrogen and oxygen atoms in total. The smallest absolute Gasteiger partial charge is 0.163 e. The predicted octanol–water partition coefficient (Wildman–Crippen LogP) is 3.34. The van der Waals surface area contributed by atoms with Crippen LogP contribution in [0.1, 0.15) is 49.0 Å². The van der Waals surface area contributed by atoms with Gasteiger partial charge < -0.3 is 4.74 Å². The second kappa shape index (κ2) is 3.93. The molecule has 1 aliphatic carbocycles. The first-order valence-corrected chi connectivity index (χ1v) is 5.82. The molecule has 0 aromatic heterocycles. The Hall–Kier alpha value is -1.31. The molecular formula is C14H18O2. The van der Waals surface area contributed by atoms with Crippen LogP contribution >= 0.6 is 0 Å². The number of Topliss-reactive ketones (excluding diaryl/α,β-unsaturated/α-hetero) is 1. The number of rotatable bonds is 2. The number of benzene rings is 1. The number of carbonyl (C=O) groups excluding carboxylic acids is 1. The van der Waals surface area contributed by atoms with E-state index in [1.165, 1.54) is 5.56 Å². The van der Waals surface area contributed by atoms with Gasteiger partial charge in [-0.25, -0.2) is 0 Å². The quantitative estimate of drug-likeness (QED) is 0.761. The van der Waals surface area contributed by atoms with Crippen molar-refractivity contribution in [3.05, 3.63) is 29.3 Å². The van der Waals surface area contributed by atoms with Crippen molar-refractivity contribution in [3.63, 3.8) is 0 Å². The second-order valence-corrected chi connectivity index (χ2v) is 4.75. The summed E-state index contributed by atoms with van der Waals surface area (Å²) in [6.45, 7) is 4.43. The molecule has 0 saturated heterocycles. The lowest BCUT2D eigenvalue weighted by Crippen LogP contribution is -2.29. The number of hydrogen-bond donors (Lipinski definition) is 0. The molecule has 2 heteroatoms. The third-order valence-electron chi connectivity index (χ3n) is 3.86. The Morgan fingerprint density at radius 3 is 2.81 bits per heavy atom. The summed E-state index contributed by atoms with van der Waals surface area (Å²) in [6.07, 6.45) is 2.69. The maximum Gasteiger partial charge on any atom is 0.163 e. The van der Waals surface area contributed by atoms with Crippen LogP contribution in [0.25, 0.3) is 0 Å². The fourth-order valence-corrected chi connectivity index (χ4v) is 2.43. The monoisotopic (exact) mass is 218 g/mol. The van der Waals surface area contributed by atoms with Crippen LogP contribution in [0.2, 0.25) is 0 Å². The normalized spacial score (nSPS) is 24.1. The van der Waals surface area contributed by atoms with Crippen molar-refractivity contribution < 1.29 is 9.53 Å². The van der Waals surface area contributed by atoms with Crippen LogP contribution in [0, 0.1) is 0 Å². The summed E-state index contributed by atoms with van der Waals surface area (Å²) < 4.78 is 5.18. The number of hydrogen-bond acceptors (Lipinski definition) is 2. The Bertz CT molecular complexity index is 423. The summed E-state index contributed by atoms with van der Waals surface area (Å²) in [5.41, 5.74) is 2.19. The molecule has 0 unspecified atom stereocenters. The van der Waals surface area contributed by atoms with E-state index in [9.17, 15) is 4.79 Å². The fourth-order valence-electron chi connectivity index (χ4n) is 2.43. The van der Waals surface area contributed by atoms with E-state index >= 15 is 0 Å². The van der Waals surface area contributed by atoms with Gasteiger partial charge in [0.1, 0.15) is 5.75 Å². The molecule has 0 radical (unpaired) electrons. The summed E-state index contributed by atoms with van der Waals surface area (Å²) >= 11 is 0. The van der Waals surface area contributed by atoms with Gasteiger partial charge in [0.25, 0.3) is 0 Å². The lowest BCUT2D eigenvalue weighted by molar-refractivity contribution is 0.0952. The minimum Gasteiger partial charge on any atom is -0.497 e. The van der Waals surface area contributed by atoms with E-state index < -0.39 is 0 Å². The number of methoxy groups -OCH3 is 1. The van der Waals surface area contributed by atoms with Crippen molar-refractivity contribution in [2.45, 2.75) is 38.5 Å². The van der Waals surface area contributed by atoms with Gasteiger partial charge in [-0.05, 0) is 36.0 Å². The lowest BCUT2D eigenvalue weighted by Gasteiger charge is -2.34. The van der Waals surface area contributed by atoms with Crippen molar-refractivity contribution in [2.75, 3.05) is 7.11 Å². The molecule has 16 heavy (non-hydrogen) atoms. The van der Waals surface area contributed by atoms with Gasteiger partial charge in [0.15, 0.2) is 5.78 Å². The summed E-state index contributed by atoms with van der Waals surface area (Å²) in [6, 6.07) is 5.88. The Labute approximate surface area is 96.6 Å². The van der Waals surface area contributed by atoms with Crippen LogP contribution in [0.15, 0.2) is 18.2 Å². The minimum absolute atomic E-state index is 0.148. The molecular weight excluding hydrogens is 200 g/mol. The largest absolute Gasteiger partial charge is 0.497 e. The molecule has 0 spiro atoms. The Morgan fingerprint density at radius 1 is 1.44 bits per heavy atom. The van der Waals surface area contributed by atoms with Crippen molar-refractivity contribution in [3.8, 4) is 5.75 Å². The molecule has 0 saturated carbocycles. The third kappa shape index (κ3) is 1.62. The highest BCUT2D eigenvalue weighted by Gasteiger charge is 2.34. The van der Waals surface area contributed by atoms with Crippen LogP contribution in [-0.2, 0) is 5.41 Å². The summed E-state index contributed by atoms with van der Waals surface area (Å²) in [7, 11) is 1.63. The molecule has 0 amide bonds. The summed E-state index contributed by atoms with van der Waals surface area (Å²) in [4.78, 5) is 11.9. The van der Waals surface area contributed by atoms with E-state index in [1.807, 2.05) is 12.1 Å². The second-order valence-electron chi connectivity index (χ2n) is 4.75. The van der Waals surface area contributed by atoms with E-state index in [0.717, 1.165) is 24.2 Å². The molecule has 2 rings (SSSR count). The maximum absolute atomic E-state index is 11.9. The average molecular weight is 218 g/mol. The van der Waals surface area contributed by atoms with Crippen LogP contribution < -0.4 is 4.74 Å². The Morgan fingerprint density at radius 2 is 2.19 bits per heavy atom. The highest BCUT2D eigenvalue weighted by atomic mass is 16.5. The molecule has 86 valence electrons. The molecule has 0 fully saturated rings. The van der Waals surface area contributed by atoms with Crippen molar-refractivity contribution in [1.82, 2.24) is 0 Å². The van der Waals surface area contributed by atoms with Gasteiger partial charge in [-0.15, -0.1) is 0 Å². The van der Waals surface area contributed by atoms with E-state index in [1.54, 1.807) is 7.11 Å². The van der Waals surface area contributed by atoms with Gasteiger partial charge in [-0.2, -0.15) is 0 Å². The van der Waals surface area contributed by atoms with Gasteiger partial charge in [0.2, 0.25) is 0 Å². The first-order chi connectivity index (χ1) is 7.60. The Kier molecular flexibility index (Phi) is 2.75. The molecule has 1 atom stereocenters. The molecule has 1 aliphatic rings. The SMILES string of the molecule is CC[C@]1(C)CCC(=O)c2cc(OC)ccc21. The molecule has 0 N–H and O–H groups in total. The van der Waals surface area contributed by atoms with E-state index in [-0.39, 0.29) is 11.2 Å². The molecule has 1 aromatic rings. The molecule has 1 aromatic carbocycles. The third-order valence-corrected chi connectivity index (χ3v) is 3.86. The lowest BCUT2D eigenvalue weighted by atomic mass is 9.69. The topological polar surface area (TPSA) is 26.3 Å². The number of ketones is 1. The first-order valence-electron chi connectivity index (χ1n) is 5.82. The van der Waals surface area contributed by atoms with Gasteiger partial charge in [-0.1, -0.05) is 19.9 Å². The maximum atomic E-state index is 11.9. The van der Waals surface area contributed by atoms with Gasteiger partial charge in [0, 0.05) is 12.0 Å². The van der Waals surface area contributed by atoms with Crippen LogP contribution in [0.4, 0.5) is 0 Å². The van der Waals surface area contributed by atoms with E-state index in [2.05, 4.69) is 19.9 Å². The zero-order valence-corrected chi connectivity index (χ0v) is 10.2. The van der Waals surface area contributed by atoms with Crippen molar-refractivity contribution in [1.29, 1.82) is 0 Å². The average Bonchev–Trinajstić information content (AvgIpc) is 2.34. The number of carbonyl (C=O) groups is 1. The van der Waals surface area contributed by atoms with E-state index in [0.29, 0.717) is 6.42 Å². The standard InChI is InChI=1S/C14H18O2/c1-4-14(2)8-7-13(15)11-9-10(16-3)5-6-12(11)14/h5-6,9H,4,7-8H2,1-3H3/t14-/m1/s1. The van der Waals surface area contributed by atoms with Gasteiger partial charge in [0.05, 0.1) is 7.11 Å². The van der Waals surface area contributed by atoms with Gasteiger partial charge >= 0.3 is 0 Å². The fraction of sp³-hybridized carbons (Fsp3) is 0.500. The zero-order chi connectivity index (χ0) is 11.8. The zero-order valence-electron chi connectivity index (χ0n) is 10.2. The van der Waals surface area contributed by atoms with Crippen molar-refractivity contribution >= 4 is 5.78 Å². The summed E-state index contributed by atoms with van der Waals surface area (Å²) in [5.74, 6) is 1.02. The van der Waals surface area contributed by atoms with Crippen LogP contribution in [0.5, 0.6) is 5.75 Å². The van der Waals surface area contributed by atoms with Gasteiger partial charge in [-0.3, -0.25) is 4.79 Å². The van der Waals surface area contributed by atoms with Crippen LogP contribution in [0.3, 0.4) is 0 Å². The molecule has 0 bridgehead atoms. The first kappa shape index (κ1) is 11.2. The summed E-state index contributed by atoms with van der Waals surface area (Å²) in [5, 5.41) is 0. The molecule has 0 aliphatic heterocycles. The van der Waals surface area contributed by atoms with E-state index in [4.69, 9.17) is 4.74 Å². The minimum atomic E-state index is 0.148. The highest BCUT2D eigenvalue weighted by Crippen LogP contribution is 2.40. The van der Waals surface area contributed by atoms with Crippen LogP contribution in [-0.4, -0.2) is 12.9 Å².